The normalized spacial score (nSPS) is 26.3. The lowest BCUT2D eigenvalue weighted by atomic mass is 9.91. The smallest absolute Gasteiger partial charge is 0.410 e. The van der Waals surface area contributed by atoms with E-state index < -0.39 is 23.2 Å². The monoisotopic (exact) mass is 643 g/mol. The van der Waals surface area contributed by atoms with Crippen LogP contribution in [0.1, 0.15) is 40.0 Å². The summed E-state index contributed by atoms with van der Waals surface area (Å²) in [5.41, 5.74) is -1.51. The Bertz CT molecular complexity index is 1340. The van der Waals surface area contributed by atoms with Gasteiger partial charge in [-0.25, -0.2) is 13.6 Å². The molecule has 1 amide bonds. The zero-order valence-electron chi connectivity index (χ0n) is 22.8. The Morgan fingerprint density at radius 2 is 2.05 bits per heavy atom. The average molecular weight is 645 g/mol. The summed E-state index contributed by atoms with van der Waals surface area (Å²) in [5, 5.41) is 0.641. The minimum atomic E-state index is -0.888. The molecule has 1 aromatic carbocycles. The number of ether oxygens (including phenoxy) is 3. The Morgan fingerprint density at radius 3 is 2.80 bits per heavy atom. The predicted octanol–water partition coefficient (Wildman–Crippen LogP) is 4.97. The molecular formula is C27H33BrClF2N5O4. The number of hydrogen-bond donors (Lipinski definition) is 0. The molecule has 2 atom stereocenters. The summed E-state index contributed by atoms with van der Waals surface area (Å²) in [7, 11) is 0. The number of alkyl halides is 1. The van der Waals surface area contributed by atoms with Crippen LogP contribution in [0.2, 0.25) is 5.02 Å². The maximum atomic E-state index is 15.4. The Hall–Kier alpha value is -2.02. The molecule has 1 spiro atoms. The first-order valence-electron chi connectivity index (χ1n) is 13.6. The standard InChI is InChI=1S/C27H33BrClF2N5O4/c1-25(2,3)40-24(37)34-7-8-39-27(12-34)13-35(14-27)22-17-9-18(29)19(28)20(31)21(17)32-23(33-22)38-15-26-5-4-6-36(26)11-16(30)10-26/h9,16H,4-8,10-15H2,1-3H3/t16-,26+/m1/s1. The minimum Gasteiger partial charge on any atom is -0.461 e. The van der Waals surface area contributed by atoms with Crippen molar-refractivity contribution in [2.75, 3.05) is 57.4 Å². The fourth-order valence-corrected chi connectivity index (χ4v) is 6.90. The number of rotatable bonds is 4. The maximum Gasteiger partial charge on any atom is 0.410 e. The van der Waals surface area contributed by atoms with Gasteiger partial charge in [-0.2, -0.15) is 9.97 Å². The lowest BCUT2D eigenvalue weighted by molar-refractivity contribution is -0.121. The number of carbonyl (C=O) groups is 1. The number of carbonyl (C=O) groups excluding carboxylic acids is 1. The quantitative estimate of drug-likeness (QED) is 0.432. The molecule has 9 nitrogen and oxygen atoms in total. The van der Waals surface area contributed by atoms with Crippen molar-refractivity contribution >= 4 is 50.3 Å². The summed E-state index contributed by atoms with van der Waals surface area (Å²) < 4.78 is 47.6. The van der Waals surface area contributed by atoms with E-state index in [-0.39, 0.29) is 39.3 Å². The Morgan fingerprint density at radius 1 is 1.27 bits per heavy atom. The Labute approximate surface area is 245 Å². The van der Waals surface area contributed by atoms with Crippen LogP contribution in [0.4, 0.5) is 19.4 Å². The van der Waals surface area contributed by atoms with Crippen LogP contribution in [-0.4, -0.2) is 101 Å². The molecule has 4 saturated heterocycles. The lowest BCUT2D eigenvalue weighted by Crippen LogP contribution is -2.71. The molecule has 1 aromatic heterocycles. The van der Waals surface area contributed by atoms with Gasteiger partial charge in [0.1, 0.15) is 35.3 Å². The predicted molar refractivity (Wildman–Crippen MR) is 149 cm³/mol. The van der Waals surface area contributed by atoms with Crippen LogP contribution in [0.15, 0.2) is 10.5 Å². The van der Waals surface area contributed by atoms with Crippen LogP contribution < -0.4 is 9.64 Å². The van der Waals surface area contributed by atoms with Gasteiger partial charge in [0.05, 0.1) is 41.3 Å². The molecule has 0 bridgehead atoms. The molecule has 2 aromatic rings. The molecule has 4 aliphatic rings. The van der Waals surface area contributed by atoms with Crippen molar-refractivity contribution in [3.8, 4) is 6.01 Å². The van der Waals surface area contributed by atoms with Gasteiger partial charge in [-0.3, -0.25) is 4.90 Å². The number of hydrogen-bond acceptors (Lipinski definition) is 8. The first-order valence-corrected chi connectivity index (χ1v) is 14.8. The number of halogens is 4. The van der Waals surface area contributed by atoms with Gasteiger partial charge in [0.2, 0.25) is 0 Å². The van der Waals surface area contributed by atoms with E-state index in [4.69, 9.17) is 25.8 Å². The van der Waals surface area contributed by atoms with Crippen molar-refractivity contribution in [1.29, 1.82) is 0 Å². The Kier molecular flexibility index (Phi) is 7.07. The first kappa shape index (κ1) is 28.1. The van der Waals surface area contributed by atoms with Crippen molar-refractivity contribution in [1.82, 2.24) is 19.8 Å². The van der Waals surface area contributed by atoms with E-state index in [2.05, 4.69) is 30.8 Å². The van der Waals surface area contributed by atoms with E-state index >= 15 is 4.39 Å². The van der Waals surface area contributed by atoms with Crippen LogP contribution in [0.25, 0.3) is 10.9 Å². The van der Waals surface area contributed by atoms with Gasteiger partial charge < -0.3 is 24.0 Å². The molecular weight excluding hydrogens is 612 g/mol. The molecule has 0 saturated carbocycles. The van der Waals surface area contributed by atoms with Gasteiger partial charge in [0.25, 0.3) is 0 Å². The number of amides is 1. The highest BCUT2D eigenvalue weighted by atomic mass is 79.9. The highest BCUT2D eigenvalue weighted by molar-refractivity contribution is 9.10. The maximum absolute atomic E-state index is 15.4. The topological polar surface area (TPSA) is 80.3 Å². The minimum absolute atomic E-state index is 0.0278. The van der Waals surface area contributed by atoms with E-state index in [1.807, 2.05) is 25.7 Å². The van der Waals surface area contributed by atoms with Gasteiger partial charge in [0.15, 0.2) is 5.82 Å². The SMILES string of the molecule is CC(C)(C)OC(=O)N1CCOC2(C1)CN(c1nc(OC[C@@]34CCCN3C[C@H](F)C4)nc3c(F)c(Br)c(Cl)cc13)C2. The van der Waals surface area contributed by atoms with E-state index in [9.17, 15) is 9.18 Å². The summed E-state index contributed by atoms with van der Waals surface area (Å²) in [6, 6.07) is 1.66. The number of fused-ring (bicyclic) bond motifs is 2. The number of morpholine rings is 1. The highest BCUT2D eigenvalue weighted by Crippen LogP contribution is 2.42. The Balaban J connectivity index is 1.26. The molecule has 0 unspecified atom stereocenters. The lowest BCUT2D eigenvalue weighted by Gasteiger charge is -2.54. The summed E-state index contributed by atoms with van der Waals surface area (Å²) in [6.45, 7) is 9.02. The molecule has 4 aliphatic heterocycles. The van der Waals surface area contributed by atoms with Crippen LogP contribution in [-0.2, 0) is 9.47 Å². The van der Waals surface area contributed by atoms with Crippen molar-refractivity contribution < 1.29 is 27.8 Å². The second-order valence-electron chi connectivity index (χ2n) is 12.4. The largest absolute Gasteiger partial charge is 0.461 e. The molecule has 218 valence electrons. The van der Waals surface area contributed by atoms with Crippen LogP contribution in [0, 0.1) is 5.82 Å². The number of benzene rings is 1. The van der Waals surface area contributed by atoms with Crippen LogP contribution >= 0.6 is 27.5 Å². The third-order valence-electron chi connectivity index (χ3n) is 8.17. The second-order valence-corrected chi connectivity index (χ2v) is 13.6. The average Bonchev–Trinajstić information content (AvgIpc) is 3.39. The number of aromatic nitrogens is 2. The molecule has 13 heteroatoms. The van der Waals surface area contributed by atoms with Crippen molar-refractivity contribution in [3.63, 3.8) is 0 Å². The highest BCUT2D eigenvalue weighted by Gasteiger charge is 2.51. The fourth-order valence-electron chi connectivity index (χ4n) is 6.41. The van der Waals surface area contributed by atoms with Crippen LogP contribution in [0.3, 0.4) is 0 Å². The van der Waals surface area contributed by atoms with E-state index in [1.165, 1.54) is 0 Å². The van der Waals surface area contributed by atoms with Gasteiger partial charge in [-0.15, -0.1) is 0 Å². The third kappa shape index (κ3) is 5.09. The zero-order valence-corrected chi connectivity index (χ0v) is 25.2. The van der Waals surface area contributed by atoms with Gasteiger partial charge in [-0.1, -0.05) is 11.6 Å². The van der Waals surface area contributed by atoms with Crippen molar-refractivity contribution in [2.45, 2.75) is 62.9 Å². The third-order valence-corrected chi connectivity index (χ3v) is 9.48. The van der Waals surface area contributed by atoms with E-state index in [0.29, 0.717) is 57.0 Å². The van der Waals surface area contributed by atoms with Gasteiger partial charge >= 0.3 is 12.1 Å². The summed E-state index contributed by atoms with van der Waals surface area (Å²) in [4.78, 5) is 27.6. The fraction of sp³-hybridized carbons (Fsp3) is 0.667. The van der Waals surface area contributed by atoms with Crippen molar-refractivity contribution in [2.24, 2.45) is 0 Å². The number of nitrogens with zero attached hydrogens (tertiary/aromatic N) is 5. The van der Waals surface area contributed by atoms with Gasteiger partial charge in [0, 0.05) is 24.9 Å². The summed E-state index contributed by atoms with van der Waals surface area (Å²) in [6.07, 6.45) is 0.960. The molecule has 4 fully saturated rings. The summed E-state index contributed by atoms with van der Waals surface area (Å²) >= 11 is 9.54. The first-order chi connectivity index (χ1) is 18.9. The zero-order chi connectivity index (χ0) is 28.4. The molecule has 0 N–H and O–H groups in total. The number of anilines is 1. The van der Waals surface area contributed by atoms with Gasteiger partial charge in [-0.05, 0) is 62.2 Å². The molecule has 0 aliphatic carbocycles. The molecule has 40 heavy (non-hydrogen) atoms. The molecule has 6 rings (SSSR count). The molecule has 0 radical (unpaired) electrons. The molecule has 5 heterocycles. The van der Waals surface area contributed by atoms with Crippen molar-refractivity contribution in [3.05, 3.63) is 21.4 Å². The summed E-state index contributed by atoms with van der Waals surface area (Å²) in [5.74, 6) is -0.144. The van der Waals surface area contributed by atoms with E-state index in [0.717, 1.165) is 19.4 Å². The van der Waals surface area contributed by atoms with Crippen LogP contribution in [0.5, 0.6) is 6.01 Å². The second kappa shape index (κ2) is 10.1. The van der Waals surface area contributed by atoms with E-state index in [1.54, 1.807) is 11.0 Å².